The fourth-order valence-corrected chi connectivity index (χ4v) is 1.88. The van der Waals surface area contributed by atoms with Crippen LogP contribution in [0.4, 0.5) is 0 Å². The van der Waals surface area contributed by atoms with Crippen molar-refractivity contribution in [3.8, 4) is 0 Å². The molecule has 1 N–H and O–H groups in total. The van der Waals surface area contributed by atoms with Crippen molar-refractivity contribution in [2.75, 3.05) is 0 Å². The molecule has 0 aliphatic heterocycles. The van der Waals surface area contributed by atoms with Crippen LogP contribution in [0.3, 0.4) is 0 Å². The van der Waals surface area contributed by atoms with Gasteiger partial charge in [0.2, 0.25) is 0 Å². The molecule has 0 radical (unpaired) electrons. The van der Waals surface area contributed by atoms with Crippen molar-refractivity contribution in [3.63, 3.8) is 0 Å². The molecule has 0 bridgehead atoms. The summed E-state index contributed by atoms with van der Waals surface area (Å²) in [4.78, 5) is 10.9. The molecular weight excluding hydrogens is 164 g/mol. The molecule has 1 aliphatic rings. The van der Waals surface area contributed by atoms with E-state index in [0.29, 0.717) is 0 Å². The lowest BCUT2D eigenvalue weighted by atomic mass is 9.81. The molecule has 1 aliphatic carbocycles. The van der Waals surface area contributed by atoms with E-state index in [-0.39, 0.29) is 5.92 Å². The number of allylic oxidation sites excluding steroid dienone is 2. The van der Waals surface area contributed by atoms with Gasteiger partial charge in [-0.3, -0.25) is 4.79 Å². The van der Waals surface area contributed by atoms with Crippen LogP contribution >= 0.6 is 0 Å². The van der Waals surface area contributed by atoms with Gasteiger partial charge in [0, 0.05) is 0 Å². The number of hydrogen-bond acceptors (Lipinski definition) is 1. The highest BCUT2D eigenvalue weighted by Crippen LogP contribution is 2.29. The van der Waals surface area contributed by atoms with Crippen molar-refractivity contribution >= 4 is 5.97 Å². The van der Waals surface area contributed by atoms with Gasteiger partial charge in [0.15, 0.2) is 0 Å². The Balaban J connectivity index is 2.74. The summed E-state index contributed by atoms with van der Waals surface area (Å²) < 4.78 is 0. The molecule has 0 aromatic rings. The van der Waals surface area contributed by atoms with Gasteiger partial charge < -0.3 is 5.11 Å². The first kappa shape index (κ1) is 10.0. The fourth-order valence-electron chi connectivity index (χ4n) is 1.88. The van der Waals surface area contributed by atoms with Crippen LogP contribution in [-0.4, -0.2) is 11.1 Å². The van der Waals surface area contributed by atoms with Crippen LogP contribution in [0.15, 0.2) is 24.3 Å². The molecule has 72 valence electrons. The molecule has 0 spiro atoms. The minimum Gasteiger partial charge on any atom is -0.481 e. The Kier molecular flexibility index (Phi) is 3.29. The van der Waals surface area contributed by atoms with Gasteiger partial charge in [0.1, 0.15) is 0 Å². The van der Waals surface area contributed by atoms with Gasteiger partial charge >= 0.3 is 5.97 Å². The maximum absolute atomic E-state index is 10.9. The first-order valence-electron chi connectivity index (χ1n) is 4.68. The highest BCUT2D eigenvalue weighted by Gasteiger charge is 2.27. The van der Waals surface area contributed by atoms with Gasteiger partial charge in [-0.05, 0) is 32.1 Å². The Morgan fingerprint density at radius 3 is 2.77 bits per heavy atom. The quantitative estimate of drug-likeness (QED) is 0.678. The van der Waals surface area contributed by atoms with Crippen LogP contribution < -0.4 is 0 Å². The zero-order valence-corrected chi connectivity index (χ0v) is 7.99. The molecule has 0 saturated carbocycles. The second kappa shape index (κ2) is 4.26. The monoisotopic (exact) mass is 180 g/mol. The van der Waals surface area contributed by atoms with Crippen molar-refractivity contribution in [3.05, 3.63) is 24.3 Å². The molecule has 13 heavy (non-hydrogen) atoms. The van der Waals surface area contributed by atoms with Gasteiger partial charge in [0.05, 0.1) is 5.92 Å². The third-order valence-corrected chi connectivity index (χ3v) is 2.52. The number of carboxylic acids is 1. The van der Waals surface area contributed by atoms with Gasteiger partial charge in [-0.25, -0.2) is 0 Å². The van der Waals surface area contributed by atoms with E-state index in [0.717, 1.165) is 24.8 Å². The number of carboxylic acid groups (broad SMARTS) is 1. The predicted octanol–water partition coefficient (Wildman–Crippen LogP) is 2.62. The Bertz CT molecular complexity index is 226. The minimum atomic E-state index is -0.746. The lowest BCUT2D eigenvalue weighted by Gasteiger charge is -2.23. The summed E-state index contributed by atoms with van der Waals surface area (Å²) in [6, 6.07) is 0. The minimum absolute atomic E-state index is 0.156. The number of aliphatic carboxylic acids is 1. The lowest BCUT2D eigenvalue weighted by Crippen LogP contribution is -2.24. The van der Waals surface area contributed by atoms with Crippen molar-refractivity contribution in [1.29, 1.82) is 0 Å². The van der Waals surface area contributed by atoms with Gasteiger partial charge in [0.25, 0.3) is 0 Å². The van der Waals surface area contributed by atoms with Crippen LogP contribution in [-0.2, 0) is 4.79 Å². The van der Waals surface area contributed by atoms with Gasteiger partial charge in [-0.2, -0.15) is 0 Å². The third-order valence-electron chi connectivity index (χ3n) is 2.52. The first-order valence-corrected chi connectivity index (χ1v) is 4.68. The van der Waals surface area contributed by atoms with Gasteiger partial charge in [-0.15, -0.1) is 0 Å². The van der Waals surface area contributed by atoms with E-state index in [9.17, 15) is 4.79 Å². The van der Waals surface area contributed by atoms with Crippen LogP contribution in [0.5, 0.6) is 0 Å². The molecule has 0 heterocycles. The van der Waals surface area contributed by atoms with E-state index in [2.05, 4.69) is 12.7 Å². The summed E-state index contributed by atoms with van der Waals surface area (Å²) >= 11 is 0. The molecule has 2 nitrogen and oxygen atoms in total. The molecule has 0 amide bonds. The van der Waals surface area contributed by atoms with E-state index < -0.39 is 11.9 Å². The van der Waals surface area contributed by atoms with Crippen molar-refractivity contribution in [1.82, 2.24) is 0 Å². The second-order valence-electron chi connectivity index (χ2n) is 3.69. The predicted molar refractivity (Wildman–Crippen MR) is 52.4 cm³/mol. The fraction of sp³-hybridized carbons (Fsp3) is 0.545. The summed E-state index contributed by atoms with van der Waals surface area (Å²) in [5.74, 6) is -0.982. The van der Waals surface area contributed by atoms with Crippen molar-refractivity contribution in [2.45, 2.75) is 26.2 Å². The van der Waals surface area contributed by atoms with Gasteiger partial charge in [-0.1, -0.05) is 24.3 Å². The van der Waals surface area contributed by atoms with Crippen LogP contribution in [0.25, 0.3) is 0 Å². The maximum atomic E-state index is 10.9. The molecular formula is C11H16O2. The Morgan fingerprint density at radius 2 is 2.38 bits per heavy atom. The smallest absolute Gasteiger partial charge is 0.311 e. The normalized spacial score (nSPS) is 23.9. The molecule has 2 unspecified atom stereocenters. The number of carbonyl (C=O) groups is 1. The Morgan fingerprint density at radius 1 is 1.69 bits per heavy atom. The standard InChI is InChI=1S/C11H16O2/c1-8(2)10(11(12)13)9-6-4-3-5-7-9/h4,6,9-10H,1,3,5,7H2,2H3,(H,12,13). The van der Waals surface area contributed by atoms with Crippen LogP contribution in [0.1, 0.15) is 26.2 Å². The molecule has 2 atom stereocenters. The summed E-state index contributed by atoms with van der Waals surface area (Å²) in [5, 5.41) is 9.00. The van der Waals surface area contributed by atoms with Crippen LogP contribution in [0, 0.1) is 11.8 Å². The average Bonchev–Trinajstić information content (AvgIpc) is 2.04. The molecule has 0 saturated heterocycles. The third kappa shape index (κ3) is 2.44. The van der Waals surface area contributed by atoms with Crippen LogP contribution in [0.2, 0.25) is 0 Å². The first-order chi connectivity index (χ1) is 6.13. The Labute approximate surface area is 79.0 Å². The highest BCUT2D eigenvalue weighted by molar-refractivity contribution is 5.74. The SMILES string of the molecule is C=C(C)C(C(=O)O)C1C=CCCC1. The average molecular weight is 180 g/mol. The highest BCUT2D eigenvalue weighted by atomic mass is 16.4. The molecule has 0 aromatic heterocycles. The maximum Gasteiger partial charge on any atom is 0.311 e. The zero-order chi connectivity index (χ0) is 9.84. The zero-order valence-electron chi connectivity index (χ0n) is 7.99. The van der Waals surface area contributed by atoms with Crippen molar-refractivity contribution < 1.29 is 9.90 Å². The molecule has 1 rings (SSSR count). The summed E-state index contributed by atoms with van der Waals surface area (Å²) in [6.45, 7) is 5.53. The molecule has 0 fully saturated rings. The second-order valence-corrected chi connectivity index (χ2v) is 3.69. The number of rotatable bonds is 3. The van der Waals surface area contributed by atoms with Crippen molar-refractivity contribution in [2.24, 2.45) is 11.8 Å². The molecule has 2 heteroatoms. The number of hydrogen-bond donors (Lipinski definition) is 1. The molecule has 0 aromatic carbocycles. The largest absolute Gasteiger partial charge is 0.481 e. The van der Waals surface area contributed by atoms with E-state index in [1.165, 1.54) is 0 Å². The lowest BCUT2D eigenvalue weighted by molar-refractivity contribution is -0.141. The summed E-state index contributed by atoms with van der Waals surface area (Å²) in [6.07, 6.45) is 7.25. The topological polar surface area (TPSA) is 37.3 Å². The summed E-state index contributed by atoms with van der Waals surface area (Å²) in [7, 11) is 0. The van der Waals surface area contributed by atoms with E-state index in [1.807, 2.05) is 6.08 Å². The summed E-state index contributed by atoms with van der Waals surface area (Å²) in [5.41, 5.74) is 0.754. The van der Waals surface area contributed by atoms with E-state index in [1.54, 1.807) is 6.92 Å². The Hall–Kier alpha value is -1.05. The van der Waals surface area contributed by atoms with E-state index in [4.69, 9.17) is 5.11 Å². The van der Waals surface area contributed by atoms with E-state index >= 15 is 0 Å².